The van der Waals surface area contributed by atoms with Gasteiger partial charge in [-0.25, -0.2) is 0 Å². The van der Waals surface area contributed by atoms with Gasteiger partial charge in [0.15, 0.2) is 11.5 Å². The molecule has 0 heterocycles. The molecule has 2 N–H and O–H groups in total. The fourth-order valence-electron chi connectivity index (χ4n) is 1.70. The summed E-state index contributed by atoms with van der Waals surface area (Å²) in [5, 5.41) is 9.11. The molecule has 0 aliphatic rings. The minimum Gasteiger partial charge on any atom is -0.497 e. The predicted molar refractivity (Wildman–Crippen MR) is 75.2 cm³/mol. The Balaban J connectivity index is 2.44. The Morgan fingerprint density at radius 2 is 1.75 bits per heavy atom. The van der Waals surface area contributed by atoms with Gasteiger partial charge in [0.2, 0.25) is 0 Å². The Morgan fingerprint density at radius 3 is 2.40 bits per heavy atom. The molecule has 0 spiro atoms. The number of benzene rings is 2. The first-order valence-corrected chi connectivity index (χ1v) is 5.87. The molecule has 2 rings (SSSR count). The van der Waals surface area contributed by atoms with Crippen LogP contribution in [0.15, 0.2) is 36.4 Å². The number of methoxy groups -OCH3 is 2. The molecule has 5 heteroatoms. The Morgan fingerprint density at radius 1 is 0.950 bits per heavy atom. The highest BCUT2D eigenvalue weighted by atomic mass is 16.5. The summed E-state index contributed by atoms with van der Waals surface area (Å²) in [4.78, 5) is 0. The molecule has 2 aromatic rings. The number of nitrogen functional groups attached to an aromatic ring is 1. The topological polar surface area (TPSA) is 77.5 Å². The van der Waals surface area contributed by atoms with Crippen LogP contribution in [0, 0.1) is 11.3 Å². The van der Waals surface area contributed by atoms with Gasteiger partial charge in [-0.15, -0.1) is 0 Å². The third-order valence-electron chi connectivity index (χ3n) is 2.72. The minimum atomic E-state index is 0.385. The van der Waals surface area contributed by atoms with Crippen molar-refractivity contribution >= 4 is 5.69 Å². The van der Waals surface area contributed by atoms with E-state index in [9.17, 15) is 0 Å². The minimum absolute atomic E-state index is 0.385. The molecule has 20 heavy (non-hydrogen) atoms. The monoisotopic (exact) mass is 270 g/mol. The molecule has 0 amide bonds. The van der Waals surface area contributed by atoms with Crippen LogP contribution in [0.4, 0.5) is 5.69 Å². The standard InChI is InChI=1S/C15H14N2O3/c1-18-12-5-3-10(9-16)14(8-12)20-15-7-11(17)4-6-13(15)19-2/h3-8H,17H2,1-2H3. The molecule has 0 radical (unpaired) electrons. The van der Waals surface area contributed by atoms with Gasteiger partial charge in [0.05, 0.1) is 19.8 Å². The zero-order valence-electron chi connectivity index (χ0n) is 11.2. The van der Waals surface area contributed by atoms with Gasteiger partial charge in [-0.3, -0.25) is 0 Å². The number of ether oxygens (including phenoxy) is 3. The fraction of sp³-hybridized carbons (Fsp3) is 0.133. The zero-order valence-corrected chi connectivity index (χ0v) is 11.2. The molecule has 0 aliphatic carbocycles. The first-order chi connectivity index (χ1) is 9.67. The van der Waals surface area contributed by atoms with E-state index in [0.29, 0.717) is 34.2 Å². The molecule has 0 aromatic heterocycles. The van der Waals surface area contributed by atoms with E-state index in [4.69, 9.17) is 25.2 Å². The highest BCUT2D eigenvalue weighted by molar-refractivity contribution is 5.55. The van der Waals surface area contributed by atoms with Crippen LogP contribution in [0.2, 0.25) is 0 Å². The van der Waals surface area contributed by atoms with Gasteiger partial charge in [0, 0.05) is 17.8 Å². The van der Waals surface area contributed by atoms with Crippen molar-refractivity contribution in [1.29, 1.82) is 5.26 Å². The molecule has 2 aromatic carbocycles. The van der Waals surface area contributed by atoms with Crippen molar-refractivity contribution < 1.29 is 14.2 Å². The Kier molecular flexibility index (Phi) is 3.96. The lowest BCUT2D eigenvalue weighted by Gasteiger charge is -2.12. The maximum absolute atomic E-state index is 9.11. The summed E-state index contributed by atoms with van der Waals surface area (Å²) in [7, 11) is 3.08. The Labute approximate surface area is 117 Å². The SMILES string of the molecule is COc1ccc(C#N)c(Oc2cc(N)ccc2OC)c1. The van der Waals surface area contributed by atoms with Crippen molar-refractivity contribution in [2.75, 3.05) is 20.0 Å². The van der Waals surface area contributed by atoms with Gasteiger partial charge in [-0.05, 0) is 24.3 Å². The van der Waals surface area contributed by atoms with Crippen LogP contribution in [0.25, 0.3) is 0 Å². The molecule has 0 fully saturated rings. The van der Waals surface area contributed by atoms with E-state index in [1.165, 1.54) is 7.11 Å². The highest BCUT2D eigenvalue weighted by Crippen LogP contribution is 2.35. The average molecular weight is 270 g/mol. The zero-order chi connectivity index (χ0) is 14.5. The van der Waals surface area contributed by atoms with Crippen LogP contribution in [0.5, 0.6) is 23.0 Å². The number of hydrogen-bond acceptors (Lipinski definition) is 5. The van der Waals surface area contributed by atoms with E-state index in [2.05, 4.69) is 6.07 Å². The van der Waals surface area contributed by atoms with Gasteiger partial charge in [-0.1, -0.05) is 0 Å². The maximum atomic E-state index is 9.11. The van der Waals surface area contributed by atoms with E-state index in [1.807, 2.05) is 0 Å². The number of nitrogens with two attached hydrogens (primary N) is 1. The molecule has 102 valence electrons. The summed E-state index contributed by atoms with van der Waals surface area (Å²) < 4.78 is 16.1. The quantitative estimate of drug-likeness (QED) is 0.864. The first kappa shape index (κ1) is 13.6. The van der Waals surface area contributed by atoms with Crippen molar-refractivity contribution in [2.45, 2.75) is 0 Å². The largest absolute Gasteiger partial charge is 0.497 e. The van der Waals surface area contributed by atoms with Crippen LogP contribution in [0.3, 0.4) is 0 Å². The number of rotatable bonds is 4. The van der Waals surface area contributed by atoms with Crippen molar-refractivity contribution in [2.24, 2.45) is 0 Å². The lowest BCUT2D eigenvalue weighted by molar-refractivity contribution is 0.376. The summed E-state index contributed by atoms with van der Waals surface area (Å²) in [5.74, 6) is 1.96. The van der Waals surface area contributed by atoms with Gasteiger partial charge < -0.3 is 19.9 Å². The molecule has 5 nitrogen and oxygen atoms in total. The van der Waals surface area contributed by atoms with E-state index >= 15 is 0 Å². The Hall–Kier alpha value is -2.87. The third kappa shape index (κ3) is 2.75. The summed E-state index contributed by atoms with van der Waals surface area (Å²) in [6, 6.07) is 12.1. The van der Waals surface area contributed by atoms with Crippen molar-refractivity contribution in [1.82, 2.24) is 0 Å². The number of hydrogen-bond donors (Lipinski definition) is 1. The average Bonchev–Trinajstić information content (AvgIpc) is 2.47. The van der Waals surface area contributed by atoms with E-state index in [-0.39, 0.29) is 0 Å². The highest BCUT2D eigenvalue weighted by Gasteiger charge is 2.11. The summed E-state index contributed by atoms with van der Waals surface area (Å²) in [6.07, 6.45) is 0. The number of nitrogens with zero attached hydrogens (tertiary/aromatic N) is 1. The van der Waals surface area contributed by atoms with Crippen LogP contribution >= 0.6 is 0 Å². The molecule has 0 atom stereocenters. The van der Waals surface area contributed by atoms with Crippen molar-refractivity contribution in [3.05, 3.63) is 42.0 Å². The van der Waals surface area contributed by atoms with Crippen LogP contribution in [0.1, 0.15) is 5.56 Å². The van der Waals surface area contributed by atoms with Crippen LogP contribution < -0.4 is 19.9 Å². The molecule has 0 aliphatic heterocycles. The smallest absolute Gasteiger partial charge is 0.171 e. The molecule has 0 unspecified atom stereocenters. The van der Waals surface area contributed by atoms with Gasteiger partial charge in [-0.2, -0.15) is 5.26 Å². The lowest BCUT2D eigenvalue weighted by atomic mass is 10.2. The lowest BCUT2D eigenvalue weighted by Crippen LogP contribution is -1.95. The summed E-state index contributed by atoms with van der Waals surface area (Å²) in [6.45, 7) is 0. The third-order valence-corrected chi connectivity index (χ3v) is 2.72. The molecule has 0 saturated heterocycles. The van der Waals surface area contributed by atoms with Gasteiger partial charge in [0.25, 0.3) is 0 Å². The maximum Gasteiger partial charge on any atom is 0.171 e. The van der Waals surface area contributed by atoms with Crippen LogP contribution in [-0.4, -0.2) is 14.2 Å². The number of anilines is 1. The second-order valence-corrected chi connectivity index (χ2v) is 3.99. The fourth-order valence-corrected chi connectivity index (χ4v) is 1.70. The van der Waals surface area contributed by atoms with Crippen molar-refractivity contribution in [3.63, 3.8) is 0 Å². The normalized spacial score (nSPS) is 9.65. The van der Waals surface area contributed by atoms with E-state index < -0.39 is 0 Å². The summed E-state index contributed by atoms with van der Waals surface area (Å²) >= 11 is 0. The molecule has 0 saturated carbocycles. The number of nitriles is 1. The Bertz CT molecular complexity index is 663. The second kappa shape index (κ2) is 5.85. The van der Waals surface area contributed by atoms with Gasteiger partial charge in [0.1, 0.15) is 17.6 Å². The molecular weight excluding hydrogens is 256 g/mol. The first-order valence-electron chi connectivity index (χ1n) is 5.87. The second-order valence-electron chi connectivity index (χ2n) is 3.99. The van der Waals surface area contributed by atoms with Gasteiger partial charge >= 0.3 is 0 Å². The van der Waals surface area contributed by atoms with E-state index in [1.54, 1.807) is 43.5 Å². The van der Waals surface area contributed by atoms with E-state index in [0.717, 1.165) is 0 Å². The predicted octanol–water partition coefficient (Wildman–Crippen LogP) is 2.95. The van der Waals surface area contributed by atoms with Crippen LogP contribution in [-0.2, 0) is 0 Å². The molecule has 0 bridgehead atoms. The molecular formula is C15H14N2O3. The summed E-state index contributed by atoms with van der Waals surface area (Å²) in [5.41, 5.74) is 6.68. The van der Waals surface area contributed by atoms with Crippen molar-refractivity contribution in [3.8, 4) is 29.1 Å².